The van der Waals surface area contributed by atoms with Crippen LogP contribution < -0.4 is 10.9 Å². The van der Waals surface area contributed by atoms with Gasteiger partial charge in [0.1, 0.15) is 5.56 Å². The first kappa shape index (κ1) is 18.4. The molecule has 4 rings (SSSR count). The second-order valence-electron chi connectivity index (χ2n) is 7.42. The number of benzene rings is 1. The SMILES string of the molecule is Cc1cc2ncc(C(=O)NCCN3CCC[C@H](c4ccccc4)C3)c(=O)n2[nH]1. The number of hydrogen-bond acceptors (Lipinski definition) is 4. The molecule has 1 amide bonds. The molecule has 0 spiro atoms. The van der Waals surface area contributed by atoms with Crippen molar-refractivity contribution < 1.29 is 4.79 Å². The van der Waals surface area contributed by atoms with Crippen LogP contribution in [-0.2, 0) is 0 Å². The number of aromatic nitrogens is 3. The van der Waals surface area contributed by atoms with Crippen molar-refractivity contribution in [2.75, 3.05) is 26.2 Å². The molecule has 3 aromatic rings. The Morgan fingerprint density at radius 3 is 2.96 bits per heavy atom. The molecule has 3 heterocycles. The zero-order chi connectivity index (χ0) is 19.5. The highest BCUT2D eigenvalue weighted by Crippen LogP contribution is 2.26. The van der Waals surface area contributed by atoms with E-state index >= 15 is 0 Å². The van der Waals surface area contributed by atoms with E-state index in [2.05, 4.69) is 44.6 Å². The molecule has 2 N–H and O–H groups in total. The van der Waals surface area contributed by atoms with Crippen molar-refractivity contribution >= 4 is 11.6 Å². The van der Waals surface area contributed by atoms with Crippen LogP contribution in [0, 0.1) is 6.92 Å². The zero-order valence-corrected chi connectivity index (χ0v) is 16.0. The number of carbonyl (C=O) groups is 1. The molecule has 7 nitrogen and oxygen atoms in total. The maximum absolute atomic E-state index is 12.5. The summed E-state index contributed by atoms with van der Waals surface area (Å²) >= 11 is 0. The van der Waals surface area contributed by atoms with Gasteiger partial charge in [0.15, 0.2) is 5.65 Å². The van der Waals surface area contributed by atoms with Crippen LogP contribution in [0.1, 0.15) is 40.4 Å². The van der Waals surface area contributed by atoms with E-state index in [0.29, 0.717) is 18.1 Å². The zero-order valence-electron chi connectivity index (χ0n) is 16.0. The smallest absolute Gasteiger partial charge is 0.285 e. The number of aromatic amines is 1. The predicted molar refractivity (Wildman–Crippen MR) is 108 cm³/mol. The molecule has 0 saturated carbocycles. The van der Waals surface area contributed by atoms with E-state index in [0.717, 1.165) is 31.7 Å². The van der Waals surface area contributed by atoms with E-state index in [9.17, 15) is 9.59 Å². The number of aryl methyl sites for hydroxylation is 1. The number of fused-ring (bicyclic) bond motifs is 1. The first-order chi connectivity index (χ1) is 13.6. The van der Waals surface area contributed by atoms with Crippen molar-refractivity contribution in [1.82, 2.24) is 24.8 Å². The fraction of sp³-hybridized carbons (Fsp3) is 0.381. The highest BCUT2D eigenvalue weighted by molar-refractivity contribution is 5.93. The van der Waals surface area contributed by atoms with Crippen LogP contribution in [0.2, 0.25) is 0 Å². The minimum Gasteiger partial charge on any atom is -0.351 e. The summed E-state index contributed by atoms with van der Waals surface area (Å²) in [4.78, 5) is 31.5. The highest BCUT2D eigenvalue weighted by atomic mass is 16.2. The van der Waals surface area contributed by atoms with Crippen molar-refractivity contribution in [3.63, 3.8) is 0 Å². The van der Waals surface area contributed by atoms with Gasteiger partial charge in [-0.15, -0.1) is 0 Å². The molecule has 1 fully saturated rings. The predicted octanol–water partition coefficient (Wildman–Crippen LogP) is 1.94. The van der Waals surface area contributed by atoms with Gasteiger partial charge >= 0.3 is 0 Å². The molecule has 1 aliphatic rings. The van der Waals surface area contributed by atoms with Crippen LogP contribution >= 0.6 is 0 Å². The minimum atomic E-state index is -0.379. The maximum Gasteiger partial charge on any atom is 0.285 e. The van der Waals surface area contributed by atoms with Crippen molar-refractivity contribution in [2.24, 2.45) is 0 Å². The van der Waals surface area contributed by atoms with Gasteiger partial charge in [0.05, 0.1) is 0 Å². The van der Waals surface area contributed by atoms with E-state index < -0.39 is 0 Å². The molecular formula is C21H25N5O2. The molecule has 1 saturated heterocycles. The quantitative estimate of drug-likeness (QED) is 0.710. The van der Waals surface area contributed by atoms with Crippen LogP contribution in [0.5, 0.6) is 0 Å². The third kappa shape index (κ3) is 3.84. The Morgan fingerprint density at radius 1 is 1.32 bits per heavy atom. The Labute approximate surface area is 163 Å². The van der Waals surface area contributed by atoms with E-state index in [1.165, 1.54) is 22.7 Å². The number of H-pyrrole nitrogens is 1. The topological polar surface area (TPSA) is 82.5 Å². The summed E-state index contributed by atoms with van der Waals surface area (Å²) in [5.41, 5.74) is 2.39. The second-order valence-corrected chi connectivity index (χ2v) is 7.42. The molecule has 1 atom stereocenters. The first-order valence-corrected chi connectivity index (χ1v) is 9.74. The van der Waals surface area contributed by atoms with Crippen LogP contribution in [0.4, 0.5) is 0 Å². The van der Waals surface area contributed by atoms with Gasteiger partial charge < -0.3 is 10.2 Å². The van der Waals surface area contributed by atoms with E-state index in [1.54, 1.807) is 6.07 Å². The summed E-state index contributed by atoms with van der Waals surface area (Å²) in [5.74, 6) is 0.161. The lowest BCUT2D eigenvalue weighted by molar-refractivity contribution is 0.0943. The van der Waals surface area contributed by atoms with Crippen molar-refractivity contribution in [3.8, 4) is 0 Å². The number of rotatable bonds is 5. The number of carbonyl (C=O) groups excluding carboxylic acids is 1. The lowest BCUT2D eigenvalue weighted by Gasteiger charge is -2.33. The van der Waals surface area contributed by atoms with Crippen LogP contribution in [0.3, 0.4) is 0 Å². The molecular weight excluding hydrogens is 354 g/mol. The monoisotopic (exact) mass is 379 g/mol. The van der Waals surface area contributed by atoms with Gasteiger partial charge in [-0.1, -0.05) is 30.3 Å². The molecule has 0 unspecified atom stereocenters. The lowest BCUT2D eigenvalue weighted by atomic mass is 9.91. The Kier molecular flexibility index (Phi) is 5.25. The summed E-state index contributed by atoms with van der Waals surface area (Å²) < 4.78 is 1.30. The van der Waals surface area contributed by atoms with Crippen LogP contribution in [0.15, 0.2) is 47.4 Å². The number of nitrogens with one attached hydrogen (secondary N) is 2. The minimum absolute atomic E-state index is 0.0557. The summed E-state index contributed by atoms with van der Waals surface area (Å²) in [5, 5.41) is 5.77. The standard InChI is InChI=1S/C21H25N5O2/c1-15-12-19-23-13-18(21(28)26(19)24-15)20(27)22-9-11-25-10-5-8-17(14-25)16-6-3-2-4-7-16/h2-4,6-7,12-13,17,24H,5,8-11,14H2,1H3,(H,22,27)/t17-/m0/s1. The Balaban J connectivity index is 1.34. The second kappa shape index (κ2) is 7.98. The van der Waals surface area contributed by atoms with Crippen molar-refractivity contribution in [1.29, 1.82) is 0 Å². The molecule has 7 heteroatoms. The van der Waals surface area contributed by atoms with Crippen LogP contribution in [0.25, 0.3) is 5.65 Å². The number of amides is 1. The largest absolute Gasteiger partial charge is 0.351 e. The first-order valence-electron chi connectivity index (χ1n) is 9.74. The van der Waals surface area contributed by atoms with E-state index in [-0.39, 0.29) is 17.0 Å². The summed E-state index contributed by atoms with van der Waals surface area (Å²) in [6, 6.07) is 12.4. The molecule has 1 aromatic carbocycles. The van der Waals surface area contributed by atoms with E-state index in [4.69, 9.17) is 0 Å². The fourth-order valence-corrected chi connectivity index (χ4v) is 3.91. The molecule has 1 aliphatic heterocycles. The van der Waals surface area contributed by atoms with Gasteiger partial charge in [0.2, 0.25) is 0 Å². The fourth-order valence-electron chi connectivity index (χ4n) is 3.91. The number of hydrogen-bond donors (Lipinski definition) is 2. The number of nitrogens with zero attached hydrogens (tertiary/aromatic N) is 3. The number of piperidine rings is 1. The van der Waals surface area contributed by atoms with E-state index in [1.807, 2.05) is 13.0 Å². The third-order valence-corrected chi connectivity index (χ3v) is 5.36. The average molecular weight is 379 g/mol. The number of likely N-dealkylation sites (tertiary alicyclic amines) is 1. The van der Waals surface area contributed by atoms with Gasteiger partial charge in [-0.25, -0.2) is 9.50 Å². The van der Waals surface area contributed by atoms with Gasteiger partial charge in [-0.2, -0.15) is 0 Å². The average Bonchev–Trinajstić information content (AvgIpc) is 3.10. The lowest BCUT2D eigenvalue weighted by Crippen LogP contribution is -2.41. The van der Waals surface area contributed by atoms with Gasteiger partial charge in [0, 0.05) is 37.6 Å². The van der Waals surface area contributed by atoms with Gasteiger partial charge in [-0.05, 0) is 37.8 Å². The molecule has 28 heavy (non-hydrogen) atoms. The van der Waals surface area contributed by atoms with Gasteiger partial charge in [-0.3, -0.25) is 14.7 Å². The summed E-state index contributed by atoms with van der Waals surface area (Å²) in [6.45, 7) is 5.16. The summed E-state index contributed by atoms with van der Waals surface area (Å²) in [7, 11) is 0. The molecule has 0 radical (unpaired) electrons. The normalized spacial score (nSPS) is 17.7. The van der Waals surface area contributed by atoms with Gasteiger partial charge in [0.25, 0.3) is 11.5 Å². The molecule has 146 valence electrons. The van der Waals surface area contributed by atoms with Crippen molar-refractivity contribution in [3.05, 3.63) is 69.8 Å². The molecule has 2 aromatic heterocycles. The van der Waals surface area contributed by atoms with Crippen LogP contribution in [-0.4, -0.2) is 51.6 Å². The Bertz CT molecular complexity index is 1020. The molecule has 0 aliphatic carbocycles. The Morgan fingerprint density at radius 2 is 2.14 bits per heavy atom. The maximum atomic E-state index is 12.5. The highest BCUT2D eigenvalue weighted by Gasteiger charge is 2.21. The third-order valence-electron chi connectivity index (χ3n) is 5.36. The Hall–Kier alpha value is -2.93. The van der Waals surface area contributed by atoms with Crippen molar-refractivity contribution in [2.45, 2.75) is 25.7 Å². The molecule has 0 bridgehead atoms. The summed E-state index contributed by atoms with van der Waals surface area (Å²) in [6.07, 6.45) is 3.71.